The number of rotatable bonds is 4. The molecule has 0 aliphatic rings. The summed E-state index contributed by atoms with van der Waals surface area (Å²) in [6.07, 6.45) is 0. The molecule has 1 aromatic rings. The Labute approximate surface area is 99.0 Å². The summed E-state index contributed by atoms with van der Waals surface area (Å²) in [5.74, 6) is 0.805. The van der Waals surface area contributed by atoms with E-state index in [0.29, 0.717) is 11.8 Å². The van der Waals surface area contributed by atoms with E-state index >= 15 is 0 Å². The Kier molecular flexibility index (Phi) is 4.51. The summed E-state index contributed by atoms with van der Waals surface area (Å²) in [5, 5.41) is 0. The van der Waals surface area contributed by atoms with Gasteiger partial charge in [-0.3, -0.25) is 0 Å². The zero-order chi connectivity index (χ0) is 12.3. The lowest BCUT2D eigenvalue weighted by atomic mass is 9.90. The molecule has 0 bridgehead atoms. The Morgan fingerprint density at radius 1 is 0.688 bits per heavy atom. The van der Waals surface area contributed by atoms with Crippen molar-refractivity contribution >= 4 is 0 Å². The van der Waals surface area contributed by atoms with Gasteiger partial charge in [0.1, 0.15) is 0 Å². The third-order valence-corrected chi connectivity index (χ3v) is 3.57. The highest BCUT2D eigenvalue weighted by molar-refractivity contribution is 5.28. The Morgan fingerprint density at radius 2 is 0.938 bits per heavy atom. The van der Waals surface area contributed by atoms with E-state index in [1.165, 1.54) is 11.1 Å². The van der Waals surface area contributed by atoms with Crippen LogP contribution in [0, 0.1) is 0 Å². The fourth-order valence-corrected chi connectivity index (χ4v) is 1.71. The standard InChI is InChI=1S/C14H24N2/c1-9(11(3)15)13-5-7-14(8-6-13)10(2)12(4)16/h5-12H,15-16H2,1-4H3. The van der Waals surface area contributed by atoms with Crippen LogP contribution < -0.4 is 11.5 Å². The lowest BCUT2D eigenvalue weighted by molar-refractivity contribution is 0.604. The van der Waals surface area contributed by atoms with Gasteiger partial charge in [-0.2, -0.15) is 0 Å². The van der Waals surface area contributed by atoms with Crippen molar-refractivity contribution in [3.8, 4) is 0 Å². The summed E-state index contributed by atoms with van der Waals surface area (Å²) in [5.41, 5.74) is 14.4. The van der Waals surface area contributed by atoms with E-state index in [1.807, 2.05) is 13.8 Å². The van der Waals surface area contributed by atoms with Gasteiger partial charge >= 0.3 is 0 Å². The zero-order valence-electron chi connectivity index (χ0n) is 10.8. The van der Waals surface area contributed by atoms with Crippen LogP contribution in [0.2, 0.25) is 0 Å². The van der Waals surface area contributed by atoms with Crippen molar-refractivity contribution in [3.63, 3.8) is 0 Å². The van der Waals surface area contributed by atoms with Crippen molar-refractivity contribution in [3.05, 3.63) is 35.4 Å². The average Bonchev–Trinajstić information content (AvgIpc) is 2.27. The van der Waals surface area contributed by atoms with E-state index in [2.05, 4.69) is 38.1 Å². The Balaban J connectivity index is 2.83. The van der Waals surface area contributed by atoms with Crippen molar-refractivity contribution in [2.24, 2.45) is 11.5 Å². The largest absolute Gasteiger partial charge is 0.327 e. The Hall–Kier alpha value is -0.860. The summed E-state index contributed by atoms with van der Waals surface area (Å²) < 4.78 is 0. The second-order valence-corrected chi connectivity index (χ2v) is 4.96. The predicted molar refractivity (Wildman–Crippen MR) is 70.6 cm³/mol. The van der Waals surface area contributed by atoms with Crippen LogP contribution in [0.3, 0.4) is 0 Å². The molecule has 2 nitrogen and oxygen atoms in total. The van der Waals surface area contributed by atoms with Gasteiger partial charge < -0.3 is 11.5 Å². The maximum absolute atomic E-state index is 5.89. The van der Waals surface area contributed by atoms with Gasteiger partial charge in [0.2, 0.25) is 0 Å². The Morgan fingerprint density at radius 3 is 1.12 bits per heavy atom. The molecule has 0 amide bonds. The molecule has 0 saturated heterocycles. The van der Waals surface area contributed by atoms with Crippen LogP contribution in [0.15, 0.2) is 24.3 Å². The fourth-order valence-electron chi connectivity index (χ4n) is 1.71. The molecule has 0 saturated carbocycles. The van der Waals surface area contributed by atoms with E-state index in [1.54, 1.807) is 0 Å². The van der Waals surface area contributed by atoms with E-state index < -0.39 is 0 Å². The van der Waals surface area contributed by atoms with Crippen LogP contribution in [-0.2, 0) is 0 Å². The minimum Gasteiger partial charge on any atom is -0.327 e. The smallest absolute Gasteiger partial charge is 0.00766 e. The van der Waals surface area contributed by atoms with E-state index in [9.17, 15) is 0 Å². The maximum Gasteiger partial charge on any atom is 0.00766 e. The van der Waals surface area contributed by atoms with Gasteiger partial charge in [-0.25, -0.2) is 0 Å². The topological polar surface area (TPSA) is 52.0 Å². The fraction of sp³-hybridized carbons (Fsp3) is 0.571. The van der Waals surface area contributed by atoms with Crippen molar-refractivity contribution < 1.29 is 0 Å². The first-order valence-electron chi connectivity index (χ1n) is 6.04. The molecule has 90 valence electrons. The lowest BCUT2D eigenvalue weighted by Crippen LogP contribution is -2.23. The number of hydrogen-bond acceptors (Lipinski definition) is 2. The van der Waals surface area contributed by atoms with Gasteiger partial charge in [-0.1, -0.05) is 38.1 Å². The minimum absolute atomic E-state index is 0.191. The SMILES string of the molecule is CC(N)C(C)c1ccc(C(C)C(C)N)cc1. The third kappa shape index (κ3) is 3.06. The molecule has 0 aliphatic heterocycles. The molecule has 0 aromatic heterocycles. The molecule has 1 rings (SSSR count). The molecule has 1 aromatic carbocycles. The molecular weight excluding hydrogens is 196 g/mol. The monoisotopic (exact) mass is 220 g/mol. The van der Waals surface area contributed by atoms with Gasteiger partial charge in [0.25, 0.3) is 0 Å². The number of hydrogen-bond donors (Lipinski definition) is 2. The van der Waals surface area contributed by atoms with Crippen molar-refractivity contribution in [1.82, 2.24) is 0 Å². The summed E-state index contributed by atoms with van der Waals surface area (Å²) in [6.45, 7) is 8.41. The molecule has 0 spiro atoms. The molecular formula is C14H24N2. The third-order valence-electron chi connectivity index (χ3n) is 3.57. The molecule has 4 N–H and O–H groups in total. The van der Waals surface area contributed by atoms with Crippen LogP contribution in [-0.4, -0.2) is 12.1 Å². The molecule has 16 heavy (non-hydrogen) atoms. The first-order chi connectivity index (χ1) is 7.43. The van der Waals surface area contributed by atoms with E-state index in [4.69, 9.17) is 11.5 Å². The van der Waals surface area contributed by atoms with Crippen LogP contribution >= 0.6 is 0 Å². The van der Waals surface area contributed by atoms with Gasteiger partial charge in [0, 0.05) is 12.1 Å². The summed E-state index contributed by atoms with van der Waals surface area (Å²) in [6, 6.07) is 9.06. The predicted octanol–water partition coefficient (Wildman–Crippen LogP) is 2.59. The second-order valence-electron chi connectivity index (χ2n) is 4.96. The summed E-state index contributed by atoms with van der Waals surface area (Å²) in [7, 11) is 0. The van der Waals surface area contributed by atoms with E-state index in [0.717, 1.165) is 0 Å². The first kappa shape index (κ1) is 13.2. The highest BCUT2D eigenvalue weighted by Gasteiger charge is 2.13. The maximum atomic E-state index is 5.89. The van der Waals surface area contributed by atoms with Gasteiger partial charge in [-0.15, -0.1) is 0 Å². The molecule has 4 atom stereocenters. The van der Waals surface area contributed by atoms with Gasteiger partial charge in [-0.05, 0) is 36.8 Å². The molecule has 2 heteroatoms. The quantitative estimate of drug-likeness (QED) is 0.819. The minimum atomic E-state index is 0.191. The average molecular weight is 220 g/mol. The Bertz CT molecular complexity index is 281. The van der Waals surface area contributed by atoms with Crippen molar-refractivity contribution in [2.75, 3.05) is 0 Å². The summed E-state index contributed by atoms with van der Waals surface area (Å²) in [4.78, 5) is 0. The van der Waals surface area contributed by atoms with Crippen LogP contribution in [0.1, 0.15) is 50.7 Å². The van der Waals surface area contributed by atoms with Crippen LogP contribution in [0.25, 0.3) is 0 Å². The number of nitrogens with two attached hydrogens (primary N) is 2. The van der Waals surface area contributed by atoms with Gasteiger partial charge in [0.15, 0.2) is 0 Å². The molecule has 0 aliphatic carbocycles. The number of benzene rings is 1. The molecule has 0 fully saturated rings. The van der Waals surface area contributed by atoms with Crippen molar-refractivity contribution in [1.29, 1.82) is 0 Å². The highest BCUT2D eigenvalue weighted by atomic mass is 14.6. The first-order valence-corrected chi connectivity index (χ1v) is 6.04. The normalized spacial score (nSPS) is 18.9. The second kappa shape index (κ2) is 5.46. The van der Waals surface area contributed by atoms with Crippen molar-refractivity contribution in [2.45, 2.75) is 51.6 Å². The van der Waals surface area contributed by atoms with Crippen LogP contribution in [0.5, 0.6) is 0 Å². The summed E-state index contributed by atoms with van der Waals surface area (Å²) >= 11 is 0. The molecule has 4 unspecified atom stereocenters. The van der Waals surface area contributed by atoms with E-state index in [-0.39, 0.29) is 12.1 Å². The highest BCUT2D eigenvalue weighted by Crippen LogP contribution is 2.22. The van der Waals surface area contributed by atoms with Gasteiger partial charge in [0.05, 0.1) is 0 Å². The lowest BCUT2D eigenvalue weighted by Gasteiger charge is -2.19. The zero-order valence-corrected chi connectivity index (χ0v) is 10.8. The molecule has 0 radical (unpaired) electrons. The van der Waals surface area contributed by atoms with Crippen LogP contribution in [0.4, 0.5) is 0 Å². The molecule has 0 heterocycles.